The lowest BCUT2D eigenvalue weighted by Crippen LogP contribution is -2.14. The van der Waals surface area contributed by atoms with Crippen molar-refractivity contribution in [2.24, 2.45) is 0 Å². The van der Waals surface area contributed by atoms with Crippen molar-refractivity contribution in [2.45, 2.75) is 46.8 Å². The zero-order valence-electron chi connectivity index (χ0n) is 17.8. The molecule has 1 heterocycles. The Morgan fingerprint density at radius 3 is 2.63 bits per heavy atom. The monoisotopic (exact) mass is 413 g/mol. The molecule has 0 bridgehead atoms. The number of benzene rings is 2. The number of hydrogen-bond acceptors (Lipinski definition) is 4. The predicted molar refractivity (Wildman–Crippen MR) is 118 cm³/mol. The van der Waals surface area contributed by atoms with Crippen LogP contribution < -0.4 is 15.8 Å². The topological polar surface area (TPSA) is 78.5 Å². The minimum atomic E-state index is -0.575. The second kappa shape index (κ2) is 9.07. The van der Waals surface area contributed by atoms with Crippen LogP contribution in [0, 0.1) is 5.82 Å². The quantitative estimate of drug-likeness (QED) is 0.513. The fourth-order valence-electron chi connectivity index (χ4n) is 3.45. The first-order chi connectivity index (χ1) is 14.3. The molecule has 0 saturated heterocycles. The Balaban J connectivity index is 2.08. The van der Waals surface area contributed by atoms with E-state index in [0.29, 0.717) is 35.8 Å². The van der Waals surface area contributed by atoms with Crippen LogP contribution in [0.4, 0.5) is 20.6 Å². The van der Waals surface area contributed by atoms with Crippen LogP contribution in [0.5, 0.6) is 5.75 Å². The van der Waals surface area contributed by atoms with Crippen molar-refractivity contribution in [1.29, 1.82) is 0 Å². The van der Waals surface area contributed by atoms with E-state index in [1.54, 1.807) is 6.07 Å². The molecule has 0 aliphatic rings. The minimum absolute atomic E-state index is 0.0389. The molecule has 0 radical (unpaired) electrons. The number of carbonyl (C=O) groups is 1. The molecule has 0 fully saturated rings. The number of fused-ring (bicyclic) bond motifs is 1. The number of nitrogens with two attached hydrogens (primary N) is 1. The highest BCUT2D eigenvalue weighted by Crippen LogP contribution is 2.39. The third-order valence-corrected chi connectivity index (χ3v) is 4.67. The van der Waals surface area contributed by atoms with Crippen molar-refractivity contribution in [3.8, 4) is 17.0 Å². The average molecular weight is 413 g/mol. The van der Waals surface area contributed by atoms with E-state index in [2.05, 4.69) is 5.32 Å². The van der Waals surface area contributed by atoms with Crippen LogP contribution >= 0.6 is 0 Å². The molecule has 0 aliphatic heterocycles. The second-order valence-corrected chi connectivity index (χ2v) is 7.31. The summed E-state index contributed by atoms with van der Waals surface area (Å²) in [4.78, 5) is 11.9. The van der Waals surface area contributed by atoms with Crippen LogP contribution in [0.2, 0.25) is 0 Å². The molecule has 0 aliphatic carbocycles. The van der Waals surface area contributed by atoms with Crippen LogP contribution in [0.3, 0.4) is 0 Å². The highest BCUT2D eigenvalue weighted by atomic mass is 19.1. The maximum absolute atomic E-state index is 14.8. The standard InChI is InChI=1S/C23H28FN3O3/c1-5-11-29-23(28)26-15-7-10-19(24)18(12-15)22-21(25)17-9-8-16(30-14(3)4)13-20(17)27(22)6-2/h7-10,12-14H,5-6,11,25H2,1-4H3,(H,26,28). The van der Waals surface area contributed by atoms with Gasteiger partial charge in [-0.05, 0) is 57.5 Å². The number of aromatic nitrogens is 1. The normalized spacial score (nSPS) is 11.1. The number of nitrogens with one attached hydrogen (secondary N) is 1. The summed E-state index contributed by atoms with van der Waals surface area (Å²) in [5, 5.41) is 3.46. The predicted octanol–water partition coefficient (Wildman–Crippen LogP) is 5.80. The third-order valence-electron chi connectivity index (χ3n) is 4.67. The van der Waals surface area contributed by atoms with E-state index in [1.165, 1.54) is 12.1 Å². The van der Waals surface area contributed by atoms with E-state index in [0.717, 1.165) is 23.1 Å². The molecule has 3 rings (SSSR count). The molecule has 2 aromatic carbocycles. The van der Waals surface area contributed by atoms with Crippen LogP contribution in [0.25, 0.3) is 22.2 Å². The fourth-order valence-corrected chi connectivity index (χ4v) is 3.45. The van der Waals surface area contributed by atoms with Crippen LogP contribution in [0.1, 0.15) is 34.1 Å². The van der Waals surface area contributed by atoms with Gasteiger partial charge in [-0.15, -0.1) is 0 Å². The molecule has 0 atom stereocenters. The molecule has 0 spiro atoms. The van der Waals surface area contributed by atoms with Gasteiger partial charge in [-0.25, -0.2) is 9.18 Å². The number of nitrogens with zero attached hydrogens (tertiary/aromatic N) is 1. The van der Waals surface area contributed by atoms with Crippen molar-refractivity contribution in [3.63, 3.8) is 0 Å². The first kappa shape index (κ1) is 21.5. The van der Waals surface area contributed by atoms with Gasteiger partial charge in [0.2, 0.25) is 0 Å². The molecule has 3 aromatic rings. The third kappa shape index (κ3) is 4.35. The van der Waals surface area contributed by atoms with E-state index in [-0.39, 0.29) is 6.10 Å². The smallest absolute Gasteiger partial charge is 0.411 e. The molecule has 30 heavy (non-hydrogen) atoms. The maximum atomic E-state index is 14.8. The molecule has 6 nitrogen and oxygen atoms in total. The van der Waals surface area contributed by atoms with Gasteiger partial charge in [0.25, 0.3) is 0 Å². The lowest BCUT2D eigenvalue weighted by molar-refractivity contribution is 0.161. The molecule has 1 amide bonds. The molecule has 3 N–H and O–H groups in total. The maximum Gasteiger partial charge on any atom is 0.411 e. The summed E-state index contributed by atoms with van der Waals surface area (Å²) in [6.07, 6.45) is 0.184. The first-order valence-electron chi connectivity index (χ1n) is 10.2. The zero-order valence-corrected chi connectivity index (χ0v) is 17.8. The summed E-state index contributed by atoms with van der Waals surface area (Å²) in [5.41, 5.74) is 9.10. The second-order valence-electron chi connectivity index (χ2n) is 7.31. The Hall–Kier alpha value is -3.22. The Labute approximate surface area is 175 Å². The Morgan fingerprint density at radius 1 is 1.20 bits per heavy atom. The van der Waals surface area contributed by atoms with Gasteiger partial charge in [-0.1, -0.05) is 6.92 Å². The van der Waals surface area contributed by atoms with Gasteiger partial charge in [0.15, 0.2) is 0 Å². The molecule has 160 valence electrons. The van der Waals surface area contributed by atoms with E-state index >= 15 is 0 Å². The number of ether oxygens (including phenoxy) is 2. The molecular weight excluding hydrogens is 385 g/mol. The Kier molecular flexibility index (Phi) is 6.50. The molecule has 0 saturated carbocycles. The largest absolute Gasteiger partial charge is 0.491 e. The van der Waals surface area contributed by atoms with Crippen molar-refractivity contribution in [2.75, 3.05) is 17.7 Å². The number of nitrogen functional groups attached to an aromatic ring is 1. The van der Waals surface area contributed by atoms with Gasteiger partial charge in [-0.3, -0.25) is 5.32 Å². The van der Waals surface area contributed by atoms with Crippen molar-refractivity contribution >= 4 is 28.4 Å². The summed E-state index contributed by atoms with van der Waals surface area (Å²) >= 11 is 0. The van der Waals surface area contributed by atoms with Gasteiger partial charge in [0, 0.05) is 29.2 Å². The number of carbonyl (C=O) groups excluding carboxylic acids is 1. The van der Waals surface area contributed by atoms with E-state index in [9.17, 15) is 9.18 Å². The van der Waals surface area contributed by atoms with Crippen molar-refractivity contribution in [3.05, 3.63) is 42.2 Å². The summed E-state index contributed by atoms with van der Waals surface area (Å²) in [6, 6.07) is 10.1. The number of halogens is 1. The lowest BCUT2D eigenvalue weighted by atomic mass is 10.1. The fraction of sp³-hybridized carbons (Fsp3) is 0.348. The van der Waals surface area contributed by atoms with Crippen LogP contribution in [0.15, 0.2) is 36.4 Å². The van der Waals surface area contributed by atoms with Crippen molar-refractivity contribution in [1.82, 2.24) is 4.57 Å². The van der Waals surface area contributed by atoms with Crippen LogP contribution in [-0.2, 0) is 11.3 Å². The highest BCUT2D eigenvalue weighted by molar-refractivity contribution is 6.02. The highest BCUT2D eigenvalue weighted by Gasteiger charge is 2.20. The van der Waals surface area contributed by atoms with Gasteiger partial charge in [-0.2, -0.15) is 0 Å². The Morgan fingerprint density at radius 2 is 1.97 bits per heavy atom. The van der Waals surface area contributed by atoms with E-state index in [4.69, 9.17) is 15.2 Å². The SMILES string of the molecule is CCCOC(=O)Nc1ccc(F)c(-c2c(N)c3ccc(OC(C)C)cc3n2CC)c1. The number of anilines is 2. The zero-order chi connectivity index (χ0) is 21.8. The van der Waals surface area contributed by atoms with Gasteiger partial charge in [0.1, 0.15) is 11.6 Å². The van der Waals surface area contributed by atoms with Gasteiger partial charge < -0.3 is 19.8 Å². The Bertz CT molecular complexity index is 1060. The lowest BCUT2D eigenvalue weighted by Gasteiger charge is -2.13. The molecular formula is C23H28FN3O3. The van der Waals surface area contributed by atoms with Crippen molar-refractivity contribution < 1.29 is 18.7 Å². The van der Waals surface area contributed by atoms with E-state index in [1.807, 2.05) is 50.5 Å². The van der Waals surface area contributed by atoms with Crippen LogP contribution in [-0.4, -0.2) is 23.4 Å². The number of hydrogen-bond donors (Lipinski definition) is 2. The first-order valence-corrected chi connectivity index (χ1v) is 10.2. The molecule has 0 unspecified atom stereocenters. The number of rotatable bonds is 7. The summed E-state index contributed by atoms with van der Waals surface area (Å²) in [5.74, 6) is 0.302. The van der Waals surface area contributed by atoms with Gasteiger partial charge in [0.05, 0.1) is 29.6 Å². The van der Waals surface area contributed by atoms with Gasteiger partial charge >= 0.3 is 6.09 Å². The molecule has 7 heteroatoms. The number of amides is 1. The number of aryl methyl sites for hydroxylation is 1. The van der Waals surface area contributed by atoms with E-state index < -0.39 is 11.9 Å². The molecule has 1 aromatic heterocycles. The average Bonchev–Trinajstić information content (AvgIpc) is 2.98. The summed E-state index contributed by atoms with van der Waals surface area (Å²) in [6.45, 7) is 8.71. The summed E-state index contributed by atoms with van der Waals surface area (Å²) < 4.78 is 27.6. The minimum Gasteiger partial charge on any atom is -0.491 e. The summed E-state index contributed by atoms with van der Waals surface area (Å²) in [7, 11) is 0.